The van der Waals surface area contributed by atoms with Crippen molar-refractivity contribution in [3.63, 3.8) is 0 Å². The summed E-state index contributed by atoms with van der Waals surface area (Å²) in [7, 11) is 1.39. The highest BCUT2D eigenvalue weighted by atomic mass is 16.4. The molecular formula is C44H73BN12O14. The van der Waals surface area contributed by atoms with Crippen molar-refractivity contribution in [3.05, 3.63) is 35.4 Å². The van der Waals surface area contributed by atoms with Gasteiger partial charge in [-0.05, 0) is 56.7 Å². The molecule has 71 heavy (non-hydrogen) atoms. The van der Waals surface area contributed by atoms with Crippen LogP contribution in [0.3, 0.4) is 0 Å². The van der Waals surface area contributed by atoms with Crippen molar-refractivity contribution in [3.8, 4) is 0 Å². The van der Waals surface area contributed by atoms with Gasteiger partial charge in [-0.2, -0.15) is 0 Å². The lowest BCUT2D eigenvalue weighted by molar-refractivity contribution is -0.140. The van der Waals surface area contributed by atoms with Crippen LogP contribution in [0, 0.1) is 0 Å². The van der Waals surface area contributed by atoms with Crippen molar-refractivity contribution in [1.82, 2.24) is 44.9 Å². The number of carbonyl (C=O) groups is 8. The van der Waals surface area contributed by atoms with Gasteiger partial charge in [-0.15, -0.1) is 0 Å². The second-order valence-electron chi connectivity index (χ2n) is 18.1. The molecule has 2 heterocycles. The number of carbonyl (C=O) groups excluding carboxylic acids is 5. The Kier molecular flexibility index (Phi) is 25.1. The number of aliphatic carboxylic acids is 3. The molecule has 3 rings (SSSR count). The molecule has 2 aliphatic rings. The number of aliphatic imine (C=N–C) groups is 1. The van der Waals surface area contributed by atoms with Gasteiger partial charge in [0.25, 0.3) is 5.91 Å². The first-order valence-electron chi connectivity index (χ1n) is 23.7. The Hall–Kier alpha value is -5.97. The summed E-state index contributed by atoms with van der Waals surface area (Å²) in [5, 5.41) is 63.2. The van der Waals surface area contributed by atoms with Gasteiger partial charge >= 0.3 is 25.0 Å². The predicted molar refractivity (Wildman–Crippen MR) is 258 cm³/mol. The van der Waals surface area contributed by atoms with E-state index in [1.807, 2.05) is 0 Å². The number of likely N-dealkylation sites (tertiary alicyclic amines) is 1. The fourth-order valence-electron chi connectivity index (χ4n) is 8.27. The second-order valence-corrected chi connectivity index (χ2v) is 18.1. The third-order valence-corrected chi connectivity index (χ3v) is 12.2. The second kappa shape index (κ2) is 30.0. The number of nitrogens with zero attached hydrogens (tertiary/aromatic N) is 8. The summed E-state index contributed by atoms with van der Waals surface area (Å²) >= 11 is 0. The van der Waals surface area contributed by atoms with Gasteiger partial charge in [-0.3, -0.25) is 62.9 Å². The van der Waals surface area contributed by atoms with Gasteiger partial charge in [0.1, 0.15) is 12.1 Å². The van der Waals surface area contributed by atoms with Crippen molar-refractivity contribution in [2.75, 3.05) is 112 Å². The number of guanidine groups is 1. The zero-order valence-electron chi connectivity index (χ0n) is 40.9. The highest BCUT2D eigenvalue weighted by molar-refractivity contribution is 6.43. The number of nitrogens with one attached hydrogen (secondary N) is 2. The van der Waals surface area contributed by atoms with Crippen molar-refractivity contribution >= 4 is 60.5 Å². The van der Waals surface area contributed by atoms with Crippen LogP contribution >= 0.6 is 0 Å². The molecule has 2 saturated heterocycles. The van der Waals surface area contributed by atoms with E-state index in [0.717, 1.165) is 10.5 Å². The molecule has 0 bridgehead atoms. The minimum Gasteiger partial charge on any atom is -0.480 e. The van der Waals surface area contributed by atoms with E-state index in [2.05, 4.69) is 15.6 Å². The van der Waals surface area contributed by atoms with Gasteiger partial charge in [0.2, 0.25) is 23.6 Å². The smallest absolute Gasteiger partial charge is 0.475 e. The summed E-state index contributed by atoms with van der Waals surface area (Å²) in [5.74, 6) is -6.50. The number of benzene rings is 1. The molecule has 0 saturated carbocycles. The van der Waals surface area contributed by atoms with E-state index < -0.39 is 66.9 Å². The Morgan fingerprint density at radius 1 is 0.746 bits per heavy atom. The largest absolute Gasteiger partial charge is 0.480 e. The maximum absolute atomic E-state index is 13.8. The molecule has 4 atom stereocenters. The highest BCUT2D eigenvalue weighted by Crippen LogP contribution is 2.20. The summed E-state index contributed by atoms with van der Waals surface area (Å²) in [4.78, 5) is 116. The third kappa shape index (κ3) is 21.9. The average Bonchev–Trinajstić information content (AvgIpc) is 3.70. The summed E-state index contributed by atoms with van der Waals surface area (Å²) in [6.07, 6.45) is 0.704. The van der Waals surface area contributed by atoms with Gasteiger partial charge in [-0.1, -0.05) is 12.1 Å². The molecule has 0 spiro atoms. The zero-order chi connectivity index (χ0) is 52.8. The molecule has 26 nitrogen and oxygen atoms in total. The number of amides is 5. The molecular weight excluding hydrogens is 931 g/mol. The van der Waals surface area contributed by atoms with Crippen LogP contribution in [0.4, 0.5) is 0 Å². The lowest BCUT2D eigenvalue weighted by Crippen LogP contribution is -2.52. The molecule has 12 N–H and O–H groups in total. The third-order valence-electron chi connectivity index (χ3n) is 12.2. The Morgan fingerprint density at radius 2 is 1.25 bits per heavy atom. The van der Waals surface area contributed by atoms with E-state index in [1.54, 1.807) is 58.0 Å². The van der Waals surface area contributed by atoms with Crippen LogP contribution in [0.2, 0.25) is 0 Å². The maximum atomic E-state index is 13.8. The Bertz CT molecular complexity index is 1950. The van der Waals surface area contributed by atoms with Gasteiger partial charge in [0.05, 0.1) is 38.2 Å². The van der Waals surface area contributed by atoms with Crippen LogP contribution < -0.4 is 22.1 Å². The number of carboxylic acids is 3. The number of likely N-dealkylation sites (N-methyl/N-ethyl adjacent to an activating group) is 1. The number of hydrogen-bond donors (Lipinski definition) is 10. The molecule has 2 fully saturated rings. The summed E-state index contributed by atoms with van der Waals surface area (Å²) in [5.41, 5.74) is 12.0. The number of nitrogens with two attached hydrogens (primary N) is 2. The van der Waals surface area contributed by atoms with Crippen molar-refractivity contribution in [2.45, 2.75) is 76.1 Å². The summed E-state index contributed by atoms with van der Waals surface area (Å²) in [6.45, 7) is 2.62. The lowest BCUT2D eigenvalue weighted by atomic mass is 9.77. The average molecular weight is 1000 g/mol. The van der Waals surface area contributed by atoms with Crippen molar-refractivity contribution in [2.24, 2.45) is 16.5 Å². The van der Waals surface area contributed by atoms with Crippen LogP contribution in [-0.4, -0.2) is 262 Å². The number of rotatable bonds is 25. The molecule has 396 valence electrons. The fourth-order valence-corrected chi connectivity index (χ4v) is 8.27. The highest BCUT2D eigenvalue weighted by Gasteiger charge is 2.42. The summed E-state index contributed by atoms with van der Waals surface area (Å²) in [6, 6.07) is 4.48. The number of β-amino-alcohol motifs (C(OH)–C–C–N with tert-alkyl or cyclic N) is 1. The first kappa shape index (κ1) is 59.3. The van der Waals surface area contributed by atoms with Crippen molar-refractivity contribution in [1.29, 1.82) is 0 Å². The Morgan fingerprint density at radius 3 is 1.73 bits per heavy atom. The Balaban J connectivity index is 1.56. The van der Waals surface area contributed by atoms with Gasteiger partial charge in [0, 0.05) is 105 Å². The first-order chi connectivity index (χ1) is 33.5. The molecule has 1 aromatic rings. The minimum absolute atomic E-state index is 0.00275. The quantitative estimate of drug-likeness (QED) is 0.0191. The first-order valence-corrected chi connectivity index (χ1v) is 23.7. The standard InChI is InChI=1S/C44H73BN12O14/c1-30(42(68)57-25-33(58)23-35(57)45(70)71)49-41(67)32-11-9-31(10-12-32)24-52(3)37(60)8-4-5-14-51(2)43(69)34(7-6-13-48-44(46)47)50-36(59)26-53-15-17-54(27-38(61)62)19-21-56(29-40(65)66)22-20-55(18-16-53)28-39(63)64/h9-12,30,33-35,58,70-71H,4-8,13-29H2,1-3H3,(H,49,67)(H,50,59)(H,61,62)(H,63,64)(H,65,66)(H4,46,47,48)/t30-,33+,34+,35+/m1/s1. The van der Waals surface area contributed by atoms with E-state index in [0.29, 0.717) is 19.3 Å². The monoisotopic (exact) mass is 1000 g/mol. The lowest BCUT2D eigenvalue weighted by Gasteiger charge is -2.33. The number of carboxylic acid groups (broad SMARTS) is 3. The van der Waals surface area contributed by atoms with E-state index in [9.17, 15) is 68.8 Å². The SMILES string of the molecule is C[C@@H](NC(=O)c1ccc(CN(C)C(=O)CCCCN(C)C(=O)[C@H](CCCN=C(N)N)NC(=O)CN2CCN(CC(=O)O)CCN(CC(=O)O)CCN(CC(=O)O)CC2)cc1)C(=O)N1C[C@@H](O)C[C@H]1B(O)O. The molecule has 27 heteroatoms. The predicted octanol–water partition coefficient (Wildman–Crippen LogP) is -4.62. The van der Waals surface area contributed by atoms with Crippen LogP contribution in [0.1, 0.15) is 61.4 Å². The van der Waals surface area contributed by atoms with Crippen LogP contribution in [0.25, 0.3) is 0 Å². The maximum Gasteiger partial charge on any atom is 0.475 e. The molecule has 2 aliphatic heterocycles. The van der Waals surface area contributed by atoms with E-state index in [4.69, 9.17) is 11.5 Å². The van der Waals surface area contributed by atoms with Crippen LogP contribution in [-0.2, 0) is 40.1 Å². The molecule has 1 aromatic carbocycles. The fraction of sp³-hybridized carbons (Fsp3) is 0.659. The summed E-state index contributed by atoms with van der Waals surface area (Å²) < 4.78 is 0. The topological polar surface area (TPSA) is 369 Å². The van der Waals surface area contributed by atoms with Gasteiger partial charge in [0.15, 0.2) is 5.96 Å². The van der Waals surface area contributed by atoms with Gasteiger partial charge in [-0.25, -0.2) is 0 Å². The van der Waals surface area contributed by atoms with Crippen molar-refractivity contribution < 1.29 is 68.8 Å². The van der Waals surface area contributed by atoms with Gasteiger partial charge < -0.3 is 67.3 Å². The number of aliphatic hydroxyl groups is 1. The van der Waals surface area contributed by atoms with E-state index in [-0.39, 0.29) is 147 Å². The number of aliphatic hydroxyl groups excluding tert-OH is 1. The van der Waals surface area contributed by atoms with E-state index >= 15 is 0 Å². The molecule has 0 aromatic heterocycles. The minimum atomic E-state index is -1.84. The van der Waals surface area contributed by atoms with Crippen LogP contribution in [0.15, 0.2) is 29.3 Å². The molecule has 0 radical (unpaired) electrons. The zero-order valence-corrected chi connectivity index (χ0v) is 40.9. The van der Waals surface area contributed by atoms with Crippen LogP contribution in [0.5, 0.6) is 0 Å². The molecule has 5 amide bonds. The molecule has 0 unspecified atom stereocenters. The molecule has 0 aliphatic carbocycles. The Labute approximate surface area is 413 Å². The van der Waals surface area contributed by atoms with E-state index in [1.165, 1.54) is 16.7 Å². The number of unbranched alkanes of at least 4 members (excludes halogenated alkanes) is 1. The number of hydrogen-bond acceptors (Lipinski definition) is 16. The normalized spacial score (nSPS) is 18.5.